The summed E-state index contributed by atoms with van der Waals surface area (Å²) in [5.41, 5.74) is 5.38. The fourth-order valence-corrected chi connectivity index (χ4v) is 4.03. The van der Waals surface area contributed by atoms with Crippen LogP contribution in [0.5, 0.6) is 0 Å². The minimum Gasteiger partial charge on any atom is -0.469 e. The minimum atomic E-state index is -0.157. The molecule has 2 unspecified atom stereocenters. The van der Waals surface area contributed by atoms with E-state index in [1.165, 1.54) is 7.11 Å². The molecular formula is C19H36IN5O3. The fraction of sp³-hybridized carbons (Fsp3) is 0.842. The SMILES string of the molecule is CN=C(NCCCCN1CCC(C(N)=O)CC1)N1CC(C)C(C(=O)OC)C1.I. The minimum absolute atomic E-state index is 0. The molecule has 0 aliphatic carbocycles. The summed E-state index contributed by atoms with van der Waals surface area (Å²) in [5, 5.41) is 3.41. The first kappa shape index (κ1) is 24.9. The number of nitrogens with one attached hydrogen (secondary N) is 1. The van der Waals surface area contributed by atoms with Gasteiger partial charge in [-0.25, -0.2) is 0 Å². The van der Waals surface area contributed by atoms with Crippen molar-refractivity contribution >= 4 is 41.8 Å². The molecule has 0 spiro atoms. The zero-order valence-electron chi connectivity index (χ0n) is 17.4. The quantitative estimate of drug-likeness (QED) is 0.174. The predicted octanol–water partition coefficient (Wildman–Crippen LogP) is 0.898. The van der Waals surface area contributed by atoms with Crippen LogP contribution in [0.1, 0.15) is 32.6 Å². The molecule has 0 saturated carbocycles. The maximum Gasteiger partial charge on any atom is 0.310 e. The number of halogens is 1. The Balaban J connectivity index is 0.00000392. The number of esters is 1. The number of carbonyl (C=O) groups excluding carboxylic acids is 2. The van der Waals surface area contributed by atoms with Crippen molar-refractivity contribution in [1.29, 1.82) is 0 Å². The van der Waals surface area contributed by atoms with Crippen LogP contribution in [-0.2, 0) is 14.3 Å². The van der Waals surface area contributed by atoms with E-state index in [2.05, 4.69) is 27.0 Å². The van der Waals surface area contributed by atoms with Gasteiger partial charge < -0.3 is 25.6 Å². The Bertz CT molecular complexity index is 538. The van der Waals surface area contributed by atoms with Crippen molar-refractivity contribution in [2.24, 2.45) is 28.5 Å². The van der Waals surface area contributed by atoms with Gasteiger partial charge in [-0.3, -0.25) is 14.6 Å². The summed E-state index contributed by atoms with van der Waals surface area (Å²) < 4.78 is 4.90. The zero-order valence-corrected chi connectivity index (χ0v) is 19.7. The molecule has 8 nitrogen and oxygen atoms in total. The Morgan fingerprint density at radius 2 is 1.89 bits per heavy atom. The molecule has 1 amide bonds. The largest absolute Gasteiger partial charge is 0.469 e. The number of hydrogen-bond donors (Lipinski definition) is 2. The van der Waals surface area contributed by atoms with Crippen LogP contribution in [0, 0.1) is 17.8 Å². The van der Waals surface area contributed by atoms with Crippen molar-refractivity contribution < 1.29 is 14.3 Å². The van der Waals surface area contributed by atoms with Crippen LogP contribution in [0.15, 0.2) is 4.99 Å². The number of amides is 1. The van der Waals surface area contributed by atoms with E-state index in [-0.39, 0.29) is 53.6 Å². The topological polar surface area (TPSA) is 100 Å². The number of guanidine groups is 1. The molecule has 2 fully saturated rings. The van der Waals surface area contributed by atoms with Gasteiger partial charge in [0.25, 0.3) is 0 Å². The van der Waals surface area contributed by atoms with Gasteiger partial charge in [-0.05, 0) is 51.2 Å². The molecule has 2 saturated heterocycles. The van der Waals surface area contributed by atoms with Gasteiger partial charge in [0.15, 0.2) is 5.96 Å². The lowest BCUT2D eigenvalue weighted by Crippen LogP contribution is -2.41. The first-order valence-corrected chi connectivity index (χ1v) is 10.0. The number of piperidine rings is 1. The summed E-state index contributed by atoms with van der Waals surface area (Å²) in [6.45, 7) is 7.38. The third kappa shape index (κ3) is 7.06. The standard InChI is InChI=1S/C19H35N5O3.HI/c1-14-12-24(13-16(14)18(26)27-3)19(21-2)22-8-4-5-9-23-10-6-15(7-11-23)17(20)25;/h14-16H,4-13H2,1-3H3,(H2,20,25)(H,21,22);1H. The first-order chi connectivity index (χ1) is 13.0. The number of nitrogens with zero attached hydrogens (tertiary/aromatic N) is 3. The highest BCUT2D eigenvalue weighted by Gasteiger charge is 2.36. The van der Waals surface area contributed by atoms with Crippen LogP contribution in [-0.4, -0.2) is 81.1 Å². The normalized spacial score (nSPS) is 24.0. The monoisotopic (exact) mass is 509 g/mol. The molecular weight excluding hydrogens is 473 g/mol. The van der Waals surface area contributed by atoms with Gasteiger partial charge in [0.05, 0.1) is 13.0 Å². The van der Waals surface area contributed by atoms with E-state index in [9.17, 15) is 9.59 Å². The average Bonchev–Trinajstić information content (AvgIpc) is 3.05. The highest BCUT2D eigenvalue weighted by atomic mass is 127. The number of likely N-dealkylation sites (tertiary alicyclic amines) is 2. The lowest BCUT2D eigenvalue weighted by atomic mass is 9.96. The Kier molecular flexibility index (Phi) is 11.1. The molecule has 0 aromatic rings. The highest BCUT2D eigenvalue weighted by molar-refractivity contribution is 14.0. The number of primary amides is 1. The van der Waals surface area contributed by atoms with Crippen molar-refractivity contribution in [3.05, 3.63) is 0 Å². The molecule has 0 radical (unpaired) electrons. The Morgan fingerprint density at radius 1 is 1.21 bits per heavy atom. The maximum atomic E-state index is 11.8. The molecule has 2 aliphatic rings. The second kappa shape index (κ2) is 12.5. The van der Waals surface area contributed by atoms with Crippen molar-refractivity contribution in [1.82, 2.24) is 15.1 Å². The molecule has 2 rings (SSSR count). The number of carbonyl (C=O) groups is 2. The smallest absolute Gasteiger partial charge is 0.310 e. The van der Waals surface area contributed by atoms with Crippen LogP contribution in [0.25, 0.3) is 0 Å². The summed E-state index contributed by atoms with van der Waals surface area (Å²) in [4.78, 5) is 32.0. The van der Waals surface area contributed by atoms with E-state index < -0.39 is 0 Å². The number of hydrogen-bond acceptors (Lipinski definition) is 5. The Morgan fingerprint density at radius 3 is 2.46 bits per heavy atom. The van der Waals surface area contributed by atoms with Gasteiger partial charge in [-0.15, -0.1) is 24.0 Å². The molecule has 2 atom stereocenters. The highest BCUT2D eigenvalue weighted by Crippen LogP contribution is 2.24. The third-order valence-corrected chi connectivity index (χ3v) is 5.80. The molecule has 0 bridgehead atoms. The van der Waals surface area contributed by atoms with E-state index in [1.807, 2.05) is 0 Å². The summed E-state index contributed by atoms with van der Waals surface area (Å²) in [5.74, 6) is 0.797. The third-order valence-electron chi connectivity index (χ3n) is 5.80. The molecule has 9 heteroatoms. The maximum absolute atomic E-state index is 11.8. The van der Waals surface area contributed by atoms with E-state index in [0.29, 0.717) is 6.54 Å². The second-order valence-electron chi connectivity index (χ2n) is 7.71. The Hall–Kier alpha value is -1.10. The number of nitrogens with two attached hydrogens (primary N) is 1. The number of rotatable bonds is 7. The average molecular weight is 509 g/mol. The van der Waals surface area contributed by atoms with Crippen molar-refractivity contribution in [3.63, 3.8) is 0 Å². The molecule has 0 aromatic carbocycles. The van der Waals surface area contributed by atoms with Crippen LogP contribution >= 0.6 is 24.0 Å². The van der Waals surface area contributed by atoms with Crippen LogP contribution in [0.2, 0.25) is 0 Å². The zero-order chi connectivity index (χ0) is 19.8. The van der Waals surface area contributed by atoms with Gasteiger partial charge in [0.1, 0.15) is 0 Å². The molecule has 0 aromatic heterocycles. The summed E-state index contributed by atoms with van der Waals surface area (Å²) in [6.07, 6.45) is 3.93. The van der Waals surface area contributed by atoms with E-state index in [1.54, 1.807) is 7.05 Å². The lowest BCUT2D eigenvalue weighted by Gasteiger charge is -2.30. The number of methoxy groups -OCH3 is 1. The van der Waals surface area contributed by atoms with Crippen molar-refractivity contribution in [2.75, 3.05) is 53.4 Å². The van der Waals surface area contributed by atoms with Gasteiger partial charge in [-0.1, -0.05) is 6.92 Å². The lowest BCUT2D eigenvalue weighted by molar-refractivity contribution is -0.146. The fourth-order valence-electron chi connectivity index (χ4n) is 4.03. The Labute approximate surface area is 185 Å². The number of ether oxygens (including phenoxy) is 1. The van der Waals surface area contributed by atoms with Gasteiger partial charge in [0.2, 0.25) is 5.91 Å². The second-order valence-corrected chi connectivity index (χ2v) is 7.71. The van der Waals surface area contributed by atoms with Crippen LogP contribution in [0.4, 0.5) is 0 Å². The van der Waals surface area contributed by atoms with E-state index in [4.69, 9.17) is 10.5 Å². The van der Waals surface area contributed by atoms with Crippen molar-refractivity contribution in [3.8, 4) is 0 Å². The van der Waals surface area contributed by atoms with Gasteiger partial charge in [0, 0.05) is 32.6 Å². The van der Waals surface area contributed by atoms with Crippen LogP contribution in [0.3, 0.4) is 0 Å². The molecule has 3 N–H and O–H groups in total. The number of aliphatic imine (C=N–C) groups is 1. The molecule has 2 heterocycles. The molecule has 28 heavy (non-hydrogen) atoms. The van der Waals surface area contributed by atoms with E-state index in [0.717, 1.165) is 64.4 Å². The van der Waals surface area contributed by atoms with E-state index >= 15 is 0 Å². The summed E-state index contributed by atoms with van der Waals surface area (Å²) >= 11 is 0. The first-order valence-electron chi connectivity index (χ1n) is 10.0. The summed E-state index contributed by atoms with van der Waals surface area (Å²) in [7, 11) is 3.22. The predicted molar refractivity (Wildman–Crippen MR) is 121 cm³/mol. The van der Waals surface area contributed by atoms with Gasteiger partial charge >= 0.3 is 5.97 Å². The van der Waals surface area contributed by atoms with Crippen LogP contribution < -0.4 is 11.1 Å². The summed E-state index contributed by atoms with van der Waals surface area (Å²) in [6, 6.07) is 0. The molecule has 162 valence electrons. The number of unbranched alkanes of at least 4 members (excludes halogenated alkanes) is 1. The molecule has 2 aliphatic heterocycles. The van der Waals surface area contributed by atoms with Crippen molar-refractivity contribution in [2.45, 2.75) is 32.6 Å². The van der Waals surface area contributed by atoms with Gasteiger partial charge in [-0.2, -0.15) is 0 Å².